The Morgan fingerprint density at radius 2 is 2.06 bits per heavy atom. The molecule has 1 N–H and O–H groups in total. The van der Waals surface area contributed by atoms with Crippen LogP contribution in [0.2, 0.25) is 0 Å². The molecular weight excluding hydrogens is 404 g/mol. The molecule has 4 heterocycles. The number of carbonyl (C=O) groups excluding carboxylic acids is 2. The van der Waals surface area contributed by atoms with E-state index < -0.39 is 0 Å². The number of hydrogen-bond acceptors (Lipinski definition) is 4. The Balaban J connectivity index is 1.37. The normalized spacial score (nSPS) is 16.6. The van der Waals surface area contributed by atoms with Crippen LogP contribution in [0.25, 0.3) is 16.6 Å². The van der Waals surface area contributed by atoms with Crippen molar-refractivity contribution in [2.45, 2.75) is 25.2 Å². The number of piperidine rings is 1. The largest absolute Gasteiger partial charge is 0.361 e. The van der Waals surface area contributed by atoms with Gasteiger partial charge in [0.1, 0.15) is 5.56 Å². The molecule has 0 spiro atoms. The fraction of sp³-hybridized carbons (Fsp3) is 0.333. The van der Waals surface area contributed by atoms with Crippen LogP contribution >= 0.6 is 0 Å². The fourth-order valence-electron chi connectivity index (χ4n) is 4.61. The van der Waals surface area contributed by atoms with E-state index in [1.165, 1.54) is 4.90 Å². The number of para-hydroxylation sites is 1. The van der Waals surface area contributed by atoms with Gasteiger partial charge in [-0.2, -0.15) is 5.10 Å². The summed E-state index contributed by atoms with van der Waals surface area (Å²) in [4.78, 5) is 36.7. The Morgan fingerprint density at radius 3 is 2.91 bits per heavy atom. The summed E-state index contributed by atoms with van der Waals surface area (Å²) in [6, 6.07) is 10.00. The summed E-state index contributed by atoms with van der Waals surface area (Å²) in [5, 5.41) is 5.56. The first kappa shape index (κ1) is 20.2. The Labute approximate surface area is 185 Å². The van der Waals surface area contributed by atoms with E-state index in [4.69, 9.17) is 0 Å². The van der Waals surface area contributed by atoms with E-state index >= 15 is 0 Å². The van der Waals surface area contributed by atoms with Gasteiger partial charge in [-0.05, 0) is 30.5 Å². The van der Waals surface area contributed by atoms with Crippen molar-refractivity contribution in [1.29, 1.82) is 0 Å². The Hall–Kier alpha value is -3.68. The zero-order chi connectivity index (χ0) is 22.2. The second kappa shape index (κ2) is 8.11. The predicted molar refractivity (Wildman–Crippen MR) is 122 cm³/mol. The molecule has 2 amide bonds. The number of nitrogens with one attached hydrogen (secondary N) is 1. The molecule has 1 unspecified atom stereocenters. The molecule has 3 aromatic heterocycles. The first-order valence-electron chi connectivity index (χ1n) is 10.9. The molecule has 0 saturated carbocycles. The lowest BCUT2D eigenvalue weighted by molar-refractivity contribution is -0.131. The Bertz CT molecular complexity index is 1300. The highest BCUT2D eigenvalue weighted by Gasteiger charge is 2.28. The molecule has 1 saturated heterocycles. The number of nitrogens with zero attached hydrogens (tertiary/aromatic N) is 5. The summed E-state index contributed by atoms with van der Waals surface area (Å²) >= 11 is 0. The lowest BCUT2D eigenvalue weighted by Crippen LogP contribution is -2.40. The van der Waals surface area contributed by atoms with Gasteiger partial charge in [0, 0.05) is 56.4 Å². The van der Waals surface area contributed by atoms with Crippen molar-refractivity contribution in [3.8, 4) is 0 Å². The molecule has 1 aliphatic rings. The standard InChI is InChI=1S/C24H26N6O2/c1-28(2)24(32)19-14-27-30-21(9-10-25-23(19)30)16-6-5-11-29(15-16)22(31)12-17-13-26-20-8-4-3-7-18(17)20/h3-4,7-10,13-14,16,26H,5-6,11-12,15H2,1-2H3. The summed E-state index contributed by atoms with van der Waals surface area (Å²) in [5.41, 5.74) is 4.10. The molecule has 1 aliphatic heterocycles. The summed E-state index contributed by atoms with van der Waals surface area (Å²) in [6.45, 7) is 1.40. The lowest BCUT2D eigenvalue weighted by atomic mass is 9.94. The third-order valence-electron chi connectivity index (χ3n) is 6.28. The summed E-state index contributed by atoms with van der Waals surface area (Å²) in [7, 11) is 3.43. The van der Waals surface area contributed by atoms with Crippen LogP contribution in [0.1, 0.15) is 40.4 Å². The number of amides is 2. The second-order valence-corrected chi connectivity index (χ2v) is 8.58. The molecule has 0 radical (unpaired) electrons. The molecule has 32 heavy (non-hydrogen) atoms. The van der Waals surface area contributed by atoms with E-state index in [1.54, 1.807) is 31.0 Å². The molecule has 1 aromatic carbocycles. The molecular formula is C24H26N6O2. The van der Waals surface area contributed by atoms with Crippen LogP contribution in [0.15, 0.2) is 48.9 Å². The number of fused-ring (bicyclic) bond motifs is 2. The highest BCUT2D eigenvalue weighted by molar-refractivity contribution is 5.99. The van der Waals surface area contributed by atoms with Gasteiger partial charge in [0.05, 0.1) is 18.3 Å². The quantitative estimate of drug-likeness (QED) is 0.539. The van der Waals surface area contributed by atoms with E-state index in [2.05, 4.69) is 15.1 Å². The van der Waals surface area contributed by atoms with Crippen LogP contribution in [-0.4, -0.2) is 68.4 Å². The Kier molecular flexibility index (Phi) is 5.13. The number of H-pyrrole nitrogens is 1. The van der Waals surface area contributed by atoms with Crippen LogP contribution in [0.5, 0.6) is 0 Å². The van der Waals surface area contributed by atoms with Gasteiger partial charge in [0.15, 0.2) is 5.65 Å². The van der Waals surface area contributed by atoms with E-state index in [0.29, 0.717) is 24.2 Å². The molecule has 4 aromatic rings. The van der Waals surface area contributed by atoms with Crippen molar-refractivity contribution in [2.75, 3.05) is 27.2 Å². The molecule has 8 nitrogen and oxygen atoms in total. The maximum Gasteiger partial charge on any atom is 0.258 e. The van der Waals surface area contributed by atoms with E-state index in [-0.39, 0.29) is 17.7 Å². The predicted octanol–water partition coefficient (Wildman–Crippen LogP) is 2.86. The van der Waals surface area contributed by atoms with Gasteiger partial charge in [0.2, 0.25) is 5.91 Å². The lowest BCUT2D eigenvalue weighted by Gasteiger charge is -2.33. The van der Waals surface area contributed by atoms with E-state index in [1.807, 2.05) is 41.4 Å². The van der Waals surface area contributed by atoms with Gasteiger partial charge < -0.3 is 14.8 Å². The number of rotatable bonds is 4. The number of hydrogen-bond donors (Lipinski definition) is 1. The summed E-state index contributed by atoms with van der Waals surface area (Å²) < 4.78 is 1.76. The number of aromatic nitrogens is 4. The highest BCUT2D eigenvalue weighted by Crippen LogP contribution is 2.28. The number of aromatic amines is 1. The first-order chi connectivity index (χ1) is 15.5. The average Bonchev–Trinajstić information content (AvgIpc) is 3.43. The van der Waals surface area contributed by atoms with Gasteiger partial charge in [0.25, 0.3) is 5.91 Å². The van der Waals surface area contributed by atoms with E-state index in [9.17, 15) is 9.59 Å². The second-order valence-electron chi connectivity index (χ2n) is 8.58. The SMILES string of the molecule is CN(C)C(=O)c1cnn2c(C3CCCN(C(=O)Cc4c[nH]c5ccccc45)C3)ccnc12. The van der Waals surface area contributed by atoms with Crippen LogP contribution in [0.4, 0.5) is 0 Å². The molecule has 0 bridgehead atoms. The average molecular weight is 431 g/mol. The molecule has 5 rings (SSSR count). The number of benzene rings is 1. The zero-order valence-electron chi connectivity index (χ0n) is 18.3. The van der Waals surface area contributed by atoms with Gasteiger partial charge in [-0.3, -0.25) is 9.59 Å². The van der Waals surface area contributed by atoms with Crippen LogP contribution in [-0.2, 0) is 11.2 Å². The zero-order valence-corrected chi connectivity index (χ0v) is 18.3. The molecule has 0 aliphatic carbocycles. The third kappa shape index (κ3) is 3.51. The monoisotopic (exact) mass is 430 g/mol. The minimum atomic E-state index is -0.121. The van der Waals surface area contributed by atoms with Crippen molar-refractivity contribution in [3.63, 3.8) is 0 Å². The van der Waals surface area contributed by atoms with Crippen molar-refractivity contribution >= 4 is 28.4 Å². The first-order valence-corrected chi connectivity index (χ1v) is 10.9. The summed E-state index contributed by atoms with van der Waals surface area (Å²) in [6.07, 6.45) is 7.52. The van der Waals surface area contributed by atoms with Gasteiger partial charge >= 0.3 is 0 Å². The van der Waals surface area contributed by atoms with Gasteiger partial charge in [-0.1, -0.05) is 18.2 Å². The van der Waals surface area contributed by atoms with E-state index in [0.717, 1.165) is 41.5 Å². The highest BCUT2D eigenvalue weighted by atomic mass is 16.2. The van der Waals surface area contributed by atoms with Gasteiger partial charge in [-0.15, -0.1) is 0 Å². The van der Waals surface area contributed by atoms with Crippen molar-refractivity contribution in [3.05, 3.63) is 65.7 Å². The maximum absolute atomic E-state index is 13.1. The summed E-state index contributed by atoms with van der Waals surface area (Å²) in [5.74, 6) is 0.154. The number of carbonyl (C=O) groups is 2. The minimum absolute atomic E-state index is 0.121. The Morgan fingerprint density at radius 1 is 1.22 bits per heavy atom. The smallest absolute Gasteiger partial charge is 0.258 e. The van der Waals surface area contributed by atoms with Gasteiger partial charge in [-0.25, -0.2) is 9.50 Å². The fourth-order valence-corrected chi connectivity index (χ4v) is 4.61. The van der Waals surface area contributed by atoms with Crippen molar-refractivity contribution < 1.29 is 9.59 Å². The van der Waals surface area contributed by atoms with Crippen LogP contribution < -0.4 is 0 Å². The number of likely N-dealkylation sites (tertiary alicyclic amines) is 1. The minimum Gasteiger partial charge on any atom is -0.361 e. The molecule has 1 fully saturated rings. The van der Waals surface area contributed by atoms with Crippen molar-refractivity contribution in [2.24, 2.45) is 0 Å². The van der Waals surface area contributed by atoms with Crippen molar-refractivity contribution in [1.82, 2.24) is 29.4 Å². The maximum atomic E-state index is 13.1. The topological polar surface area (TPSA) is 86.6 Å². The molecule has 164 valence electrons. The van der Waals surface area contributed by atoms with Crippen LogP contribution in [0.3, 0.4) is 0 Å². The third-order valence-corrected chi connectivity index (χ3v) is 6.28. The van der Waals surface area contributed by atoms with Crippen LogP contribution in [0, 0.1) is 0 Å². The molecule has 1 atom stereocenters. The molecule has 8 heteroatoms.